The van der Waals surface area contributed by atoms with Crippen LogP contribution in [0.4, 0.5) is 0 Å². The third kappa shape index (κ3) is 3.92. The highest BCUT2D eigenvalue weighted by atomic mass is 35.5. The Bertz CT molecular complexity index is 1010. The molecule has 2 amide bonds. The standard InChI is InChI=1S/C18H11ClN2O4S2/c1-2-7-21-17(23)15(27-18(21)26)9-11-4-6-14(25-11)10-3-5-12(13(19)8-10)16(22)20-24/h2-6,8-9H,1,7H2/b15-9-. The first-order valence-corrected chi connectivity index (χ1v) is 9.18. The highest BCUT2D eigenvalue weighted by Crippen LogP contribution is 2.34. The van der Waals surface area contributed by atoms with Crippen LogP contribution in [0.1, 0.15) is 16.1 Å². The fourth-order valence-electron chi connectivity index (χ4n) is 2.39. The molecule has 0 atom stereocenters. The van der Waals surface area contributed by atoms with Gasteiger partial charge in [-0.05, 0) is 24.3 Å². The van der Waals surface area contributed by atoms with E-state index in [9.17, 15) is 14.5 Å². The Labute approximate surface area is 168 Å². The summed E-state index contributed by atoms with van der Waals surface area (Å²) in [7, 11) is 0. The van der Waals surface area contributed by atoms with Crippen LogP contribution in [0.25, 0.3) is 17.4 Å². The summed E-state index contributed by atoms with van der Waals surface area (Å²) in [5.41, 5.74) is 0.634. The van der Waals surface area contributed by atoms with E-state index in [2.05, 4.69) is 11.8 Å². The van der Waals surface area contributed by atoms with E-state index in [-0.39, 0.29) is 16.5 Å². The molecule has 27 heavy (non-hydrogen) atoms. The molecular formula is C18H11ClN2O4S2. The molecule has 0 aliphatic carbocycles. The smallest absolute Gasteiger partial charge is 0.318 e. The third-order valence-corrected chi connectivity index (χ3v) is 5.34. The Morgan fingerprint density at radius 2 is 2.15 bits per heavy atom. The van der Waals surface area contributed by atoms with Crippen molar-refractivity contribution in [3.8, 4) is 11.3 Å². The summed E-state index contributed by atoms with van der Waals surface area (Å²) < 4.78 is 6.21. The Morgan fingerprint density at radius 1 is 1.37 bits per heavy atom. The third-order valence-electron chi connectivity index (χ3n) is 3.65. The molecule has 1 aliphatic rings. The van der Waals surface area contributed by atoms with E-state index in [0.717, 1.165) is 0 Å². The van der Waals surface area contributed by atoms with Crippen LogP contribution in [0.3, 0.4) is 0 Å². The van der Waals surface area contributed by atoms with Crippen molar-refractivity contribution in [2.24, 2.45) is 5.18 Å². The molecule has 1 aliphatic heterocycles. The maximum Gasteiger partial charge on any atom is 0.318 e. The number of thiocarbonyl (C=S) groups is 1. The van der Waals surface area contributed by atoms with Crippen LogP contribution in [-0.2, 0) is 4.79 Å². The highest BCUT2D eigenvalue weighted by Gasteiger charge is 2.31. The number of amides is 2. The number of benzene rings is 1. The second kappa shape index (κ2) is 7.99. The monoisotopic (exact) mass is 418 g/mol. The van der Waals surface area contributed by atoms with Crippen LogP contribution in [0.2, 0.25) is 5.02 Å². The summed E-state index contributed by atoms with van der Waals surface area (Å²) in [4.78, 5) is 36.0. The van der Waals surface area contributed by atoms with Gasteiger partial charge in [-0.3, -0.25) is 14.5 Å². The summed E-state index contributed by atoms with van der Waals surface area (Å²) in [6, 6.07) is 7.92. The average molecular weight is 419 g/mol. The molecule has 0 N–H and O–H groups in total. The average Bonchev–Trinajstić information content (AvgIpc) is 3.22. The molecule has 136 valence electrons. The molecule has 9 heteroatoms. The van der Waals surface area contributed by atoms with E-state index < -0.39 is 5.91 Å². The van der Waals surface area contributed by atoms with Gasteiger partial charge in [0.2, 0.25) is 0 Å². The molecule has 0 unspecified atom stereocenters. The largest absolute Gasteiger partial charge is 0.457 e. The number of nitrogens with zero attached hydrogens (tertiary/aromatic N) is 2. The molecule has 0 radical (unpaired) electrons. The number of halogens is 1. The number of nitroso groups, excluding NO2 is 1. The maximum absolute atomic E-state index is 12.3. The van der Waals surface area contributed by atoms with Crippen LogP contribution < -0.4 is 0 Å². The first kappa shape index (κ1) is 19.2. The molecule has 1 saturated heterocycles. The van der Waals surface area contributed by atoms with Crippen molar-refractivity contribution in [1.29, 1.82) is 0 Å². The molecule has 3 rings (SSSR count). The maximum atomic E-state index is 12.3. The summed E-state index contributed by atoms with van der Waals surface area (Å²) in [6.45, 7) is 3.96. The lowest BCUT2D eigenvalue weighted by Gasteiger charge is -2.10. The molecule has 2 aromatic rings. The van der Waals surface area contributed by atoms with Crippen molar-refractivity contribution in [3.63, 3.8) is 0 Å². The lowest BCUT2D eigenvalue weighted by atomic mass is 10.1. The van der Waals surface area contributed by atoms with Crippen LogP contribution >= 0.6 is 35.6 Å². The minimum Gasteiger partial charge on any atom is -0.457 e. The van der Waals surface area contributed by atoms with Gasteiger partial charge in [-0.1, -0.05) is 47.7 Å². The number of hydrogen-bond acceptors (Lipinski definition) is 6. The summed E-state index contributed by atoms with van der Waals surface area (Å²) in [5.74, 6) is -0.180. The molecule has 2 heterocycles. The van der Waals surface area contributed by atoms with E-state index >= 15 is 0 Å². The van der Waals surface area contributed by atoms with Gasteiger partial charge in [0.1, 0.15) is 15.8 Å². The topological polar surface area (TPSA) is 80.0 Å². The fraction of sp³-hybridized carbons (Fsp3) is 0.0556. The van der Waals surface area contributed by atoms with Crippen LogP contribution in [-0.4, -0.2) is 27.6 Å². The molecule has 0 saturated carbocycles. The Hall–Kier alpha value is -2.55. The normalized spacial score (nSPS) is 15.4. The quantitative estimate of drug-likeness (QED) is 0.297. The Balaban J connectivity index is 1.85. The van der Waals surface area contributed by atoms with Gasteiger partial charge >= 0.3 is 5.91 Å². The second-order valence-electron chi connectivity index (χ2n) is 5.37. The van der Waals surface area contributed by atoms with E-state index in [4.69, 9.17) is 28.2 Å². The Kier molecular flexibility index (Phi) is 5.69. The first-order chi connectivity index (χ1) is 12.9. The molecule has 1 fully saturated rings. The number of thioether (sulfide) groups is 1. The minimum atomic E-state index is -0.937. The molecular weight excluding hydrogens is 408 g/mol. The zero-order valence-corrected chi connectivity index (χ0v) is 16.1. The van der Waals surface area contributed by atoms with Crippen molar-refractivity contribution in [2.75, 3.05) is 6.54 Å². The molecule has 1 aromatic carbocycles. The summed E-state index contributed by atoms with van der Waals surface area (Å²) in [6.07, 6.45) is 3.22. The van der Waals surface area contributed by atoms with Crippen LogP contribution in [0.15, 0.2) is 57.5 Å². The number of rotatable bonds is 5. The number of carbonyl (C=O) groups is 2. The van der Waals surface area contributed by atoms with Gasteiger partial charge < -0.3 is 4.42 Å². The molecule has 1 aromatic heterocycles. The number of hydrogen-bond donors (Lipinski definition) is 0. The predicted molar refractivity (Wildman–Crippen MR) is 109 cm³/mol. The van der Waals surface area contributed by atoms with Gasteiger partial charge in [0, 0.05) is 23.4 Å². The summed E-state index contributed by atoms with van der Waals surface area (Å²) in [5, 5.41) is 2.45. The van der Waals surface area contributed by atoms with Gasteiger partial charge in [0.05, 0.1) is 15.5 Å². The molecule has 6 nitrogen and oxygen atoms in total. The second-order valence-corrected chi connectivity index (χ2v) is 7.46. The lowest BCUT2D eigenvalue weighted by Crippen LogP contribution is -2.27. The minimum absolute atomic E-state index is 0.0214. The molecule has 0 spiro atoms. The Morgan fingerprint density at radius 3 is 2.81 bits per heavy atom. The SMILES string of the molecule is C=CCN1C(=O)/C(=C/c2ccc(-c3ccc(C(=O)N=O)c(Cl)c3)o2)SC1=S. The van der Waals surface area contributed by atoms with Crippen molar-refractivity contribution in [1.82, 2.24) is 4.90 Å². The zero-order valence-electron chi connectivity index (χ0n) is 13.7. The van der Waals surface area contributed by atoms with E-state index in [0.29, 0.717) is 32.9 Å². The van der Waals surface area contributed by atoms with Gasteiger partial charge in [0.15, 0.2) is 0 Å². The van der Waals surface area contributed by atoms with Gasteiger partial charge in [-0.2, -0.15) is 0 Å². The van der Waals surface area contributed by atoms with Crippen LogP contribution in [0, 0.1) is 4.91 Å². The number of furan rings is 1. The first-order valence-electron chi connectivity index (χ1n) is 7.58. The van der Waals surface area contributed by atoms with Gasteiger partial charge in [-0.15, -0.1) is 11.5 Å². The van der Waals surface area contributed by atoms with Crippen LogP contribution in [0.5, 0.6) is 0 Å². The van der Waals surface area contributed by atoms with Gasteiger partial charge in [-0.25, -0.2) is 0 Å². The lowest BCUT2D eigenvalue weighted by molar-refractivity contribution is -0.121. The van der Waals surface area contributed by atoms with E-state index in [1.165, 1.54) is 28.8 Å². The van der Waals surface area contributed by atoms with Crippen molar-refractivity contribution in [2.45, 2.75) is 0 Å². The van der Waals surface area contributed by atoms with Crippen molar-refractivity contribution >= 4 is 57.8 Å². The van der Waals surface area contributed by atoms with E-state index in [1.54, 1.807) is 30.4 Å². The zero-order chi connectivity index (χ0) is 19.6. The predicted octanol–water partition coefficient (Wildman–Crippen LogP) is 4.89. The fourth-order valence-corrected chi connectivity index (χ4v) is 3.91. The van der Waals surface area contributed by atoms with E-state index in [1.807, 2.05) is 0 Å². The summed E-state index contributed by atoms with van der Waals surface area (Å²) >= 11 is 12.4. The van der Waals surface area contributed by atoms with Crippen molar-refractivity contribution in [3.05, 3.63) is 69.1 Å². The van der Waals surface area contributed by atoms with Crippen molar-refractivity contribution < 1.29 is 14.0 Å². The van der Waals surface area contributed by atoms with Gasteiger partial charge in [0.25, 0.3) is 5.91 Å². The number of carbonyl (C=O) groups excluding carboxylic acids is 2. The highest BCUT2D eigenvalue weighted by molar-refractivity contribution is 8.26. The molecule has 0 bridgehead atoms.